The van der Waals surface area contributed by atoms with E-state index >= 15 is 0 Å². The van der Waals surface area contributed by atoms with Crippen molar-refractivity contribution in [2.75, 3.05) is 13.2 Å². The van der Waals surface area contributed by atoms with E-state index < -0.39 is 60.1 Å². The van der Waals surface area contributed by atoms with Gasteiger partial charge in [0.2, 0.25) is 0 Å². The zero-order valence-corrected chi connectivity index (χ0v) is 22.4. The Morgan fingerprint density at radius 1 is 0.974 bits per heavy atom. The number of nitrogens with zero attached hydrogens (tertiary/aromatic N) is 1. The molecule has 2 aromatic rings. The summed E-state index contributed by atoms with van der Waals surface area (Å²) in [6.07, 6.45) is -4.15. The molecule has 0 aliphatic rings. The summed E-state index contributed by atoms with van der Waals surface area (Å²) in [5.41, 5.74) is 2.92. The lowest BCUT2D eigenvalue weighted by atomic mass is 9.76. The van der Waals surface area contributed by atoms with Crippen molar-refractivity contribution >= 4 is 12.0 Å². The summed E-state index contributed by atoms with van der Waals surface area (Å²) < 4.78 is 0. The molecular weight excluding hydrogens is 490 g/mol. The molecule has 0 aliphatic carbocycles. The molecule has 2 aromatic carbocycles. The van der Waals surface area contributed by atoms with Gasteiger partial charge in [-0.05, 0) is 31.4 Å². The standard InChI is InChI=1S/C28H41N3O7/c1-19(33)28(29,16-21-13-9-6-10-14-21)31(25(36)37)17-23(34)22(15-20-11-7-5-8-12-20)30-24(35)27(4,38)26(2,3)18-32/h5-14,19,22-23,32-34,38H,15-18,29H2,1-4H3,(H,30,35)(H,36,37). The zero-order chi connectivity index (χ0) is 28.7. The van der Waals surface area contributed by atoms with Crippen LogP contribution in [0.15, 0.2) is 60.7 Å². The molecule has 210 valence electrons. The number of aliphatic hydroxyl groups is 4. The van der Waals surface area contributed by atoms with E-state index in [9.17, 15) is 35.1 Å². The molecule has 0 aliphatic heterocycles. The summed E-state index contributed by atoms with van der Waals surface area (Å²) in [5, 5.41) is 55.2. The molecule has 38 heavy (non-hydrogen) atoms. The number of benzene rings is 2. The molecule has 0 bridgehead atoms. The highest BCUT2D eigenvalue weighted by atomic mass is 16.4. The second kappa shape index (κ2) is 12.7. The van der Waals surface area contributed by atoms with Crippen molar-refractivity contribution < 1.29 is 35.1 Å². The van der Waals surface area contributed by atoms with Crippen LogP contribution < -0.4 is 11.1 Å². The Hall–Kier alpha value is -3.02. The molecule has 8 N–H and O–H groups in total. The molecule has 0 saturated carbocycles. The molecular formula is C28H41N3O7. The zero-order valence-electron chi connectivity index (χ0n) is 22.4. The van der Waals surface area contributed by atoms with Crippen molar-refractivity contribution in [1.29, 1.82) is 0 Å². The van der Waals surface area contributed by atoms with Crippen LogP contribution in [0.5, 0.6) is 0 Å². The Morgan fingerprint density at radius 3 is 1.92 bits per heavy atom. The van der Waals surface area contributed by atoms with E-state index in [0.29, 0.717) is 5.56 Å². The Balaban J connectivity index is 2.40. The summed E-state index contributed by atoms with van der Waals surface area (Å²) in [7, 11) is 0. The van der Waals surface area contributed by atoms with Crippen molar-refractivity contribution in [2.45, 2.75) is 70.1 Å². The highest BCUT2D eigenvalue weighted by Gasteiger charge is 2.47. The second-order valence-electron chi connectivity index (χ2n) is 10.7. The molecule has 2 amide bonds. The van der Waals surface area contributed by atoms with Crippen molar-refractivity contribution in [3.63, 3.8) is 0 Å². The van der Waals surface area contributed by atoms with Crippen LogP contribution in [0.1, 0.15) is 38.8 Å². The highest BCUT2D eigenvalue weighted by Crippen LogP contribution is 2.31. The van der Waals surface area contributed by atoms with Crippen LogP contribution in [-0.4, -0.2) is 85.1 Å². The molecule has 10 heteroatoms. The second-order valence-corrected chi connectivity index (χ2v) is 10.7. The van der Waals surface area contributed by atoms with Crippen molar-refractivity contribution in [3.05, 3.63) is 71.8 Å². The van der Waals surface area contributed by atoms with Gasteiger partial charge in [0.25, 0.3) is 5.91 Å². The van der Waals surface area contributed by atoms with Gasteiger partial charge in [0.15, 0.2) is 0 Å². The van der Waals surface area contributed by atoms with E-state index in [2.05, 4.69) is 5.32 Å². The van der Waals surface area contributed by atoms with E-state index in [1.165, 1.54) is 27.7 Å². The van der Waals surface area contributed by atoms with Crippen molar-refractivity contribution in [1.82, 2.24) is 10.2 Å². The van der Waals surface area contributed by atoms with Crippen LogP contribution in [-0.2, 0) is 17.6 Å². The number of hydrogen-bond acceptors (Lipinski definition) is 7. The molecule has 10 nitrogen and oxygen atoms in total. The topological polar surface area (TPSA) is 177 Å². The number of rotatable bonds is 13. The molecule has 2 rings (SSSR count). The Morgan fingerprint density at radius 2 is 1.47 bits per heavy atom. The summed E-state index contributed by atoms with van der Waals surface area (Å²) in [6, 6.07) is 16.8. The minimum absolute atomic E-state index is 0.0281. The van der Waals surface area contributed by atoms with Gasteiger partial charge in [-0.15, -0.1) is 0 Å². The summed E-state index contributed by atoms with van der Waals surface area (Å²) in [4.78, 5) is 26.3. The Kier molecular flexibility index (Phi) is 10.4. The lowest BCUT2D eigenvalue weighted by Crippen LogP contribution is -2.68. The van der Waals surface area contributed by atoms with Gasteiger partial charge in [-0.2, -0.15) is 0 Å². The number of carboxylic acid groups (broad SMARTS) is 1. The predicted molar refractivity (Wildman–Crippen MR) is 143 cm³/mol. The van der Waals surface area contributed by atoms with E-state index in [-0.39, 0.29) is 12.8 Å². The van der Waals surface area contributed by atoms with Crippen molar-refractivity contribution in [3.8, 4) is 0 Å². The number of hydrogen-bond donors (Lipinski definition) is 7. The van der Waals surface area contributed by atoms with E-state index in [0.717, 1.165) is 10.5 Å². The monoisotopic (exact) mass is 531 g/mol. The average Bonchev–Trinajstić information content (AvgIpc) is 2.87. The number of amides is 2. The first-order valence-electron chi connectivity index (χ1n) is 12.5. The Bertz CT molecular complexity index is 1050. The van der Waals surface area contributed by atoms with Gasteiger partial charge in [-0.3, -0.25) is 9.69 Å². The molecule has 0 radical (unpaired) electrons. The van der Waals surface area contributed by atoms with Crippen LogP contribution in [0.2, 0.25) is 0 Å². The van der Waals surface area contributed by atoms with Crippen LogP contribution in [0, 0.1) is 5.41 Å². The first-order chi connectivity index (χ1) is 17.7. The number of carbonyl (C=O) groups is 2. The molecule has 5 unspecified atom stereocenters. The maximum atomic E-state index is 13.2. The van der Waals surface area contributed by atoms with Gasteiger partial charge >= 0.3 is 6.09 Å². The van der Waals surface area contributed by atoms with Gasteiger partial charge in [0.1, 0.15) is 11.3 Å². The number of carbonyl (C=O) groups excluding carboxylic acids is 1. The van der Waals surface area contributed by atoms with E-state index in [1.54, 1.807) is 54.6 Å². The fourth-order valence-electron chi connectivity index (χ4n) is 4.05. The third-order valence-electron chi connectivity index (χ3n) is 7.39. The van der Waals surface area contributed by atoms with E-state index in [1.807, 2.05) is 6.07 Å². The minimum Gasteiger partial charge on any atom is -0.465 e. The first-order valence-corrected chi connectivity index (χ1v) is 12.5. The third-order valence-corrected chi connectivity index (χ3v) is 7.39. The number of aliphatic hydroxyl groups excluding tert-OH is 3. The van der Waals surface area contributed by atoms with Gasteiger partial charge in [-0.25, -0.2) is 4.79 Å². The van der Waals surface area contributed by atoms with Gasteiger partial charge < -0.3 is 36.6 Å². The molecule has 0 fully saturated rings. The summed E-state index contributed by atoms with van der Waals surface area (Å²) >= 11 is 0. The van der Waals surface area contributed by atoms with E-state index in [4.69, 9.17) is 5.73 Å². The number of nitrogens with two attached hydrogens (primary N) is 1. The summed E-state index contributed by atoms with van der Waals surface area (Å²) in [6.45, 7) is 4.68. The molecule has 0 heterocycles. The largest absolute Gasteiger partial charge is 0.465 e. The Labute approximate surface area is 223 Å². The first kappa shape index (κ1) is 31.2. The molecule has 0 spiro atoms. The van der Waals surface area contributed by atoms with Crippen LogP contribution >= 0.6 is 0 Å². The van der Waals surface area contributed by atoms with Gasteiger partial charge in [0.05, 0.1) is 31.4 Å². The van der Waals surface area contributed by atoms with Crippen LogP contribution in [0.25, 0.3) is 0 Å². The van der Waals surface area contributed by atoms with Crippen LogP contribution in [0.4, 0.5) is 4.79 Å². The third kappa shape index (κ3) is 7.30. The fourth-order valence-corrected chi connectivity index (χ4v) is 4.05. The smallest absolute Gasteiger partial charge is 0.408 e. The maximum absolute atomic E-state index is 13.2. The lowest BCUT2D eigenvalue weighted by Gasteiger charge is -2.43. The minimum atomic E-state index is -2.01. The quantitative estimate of drug-likeness (QED) is 0.188. The predicted octanol–water partition coefficient (Wildman–Crippen LogP) is 1.10. The van der Waals surface area contributed by atoms with Gasteiger partial charge in [-0.1, -0.05) is 74.5 Å². The molecule has 0 aromatic heterocycles. The molecule has 0 saturated heterocycles. The fraction of sp³-hybridized carbons (Fsp3) is 0.500. The highest BCUT2D eigenvalue weighted by molar-refractivity contribution is 5.85. The lowest BCUT2D eigenvalue weighted by molar-refractivity contribution is -0.156. The summed E-state index contributed by atoms with van der Waals surface area (Å²) in [5.74, 6) is -0.836. The van der Waals surface area contributed by atoms with Crippen LogP contribution in [0.3, 0.4) is 0 Å². The number of nitrogens with one attached hydrogen (secondary N) is 1. The maximum Gasteiger partial charge on any atom is 0.408 e. The molecule has 5 atom stereocenters. The normalized spacial score (nSPS) is 17.4. The van der Waals surface area contributed by atoms with Gasteiger partial charge in [0, 0.05) is 11.8 Å². The average molecular weight is 532 g/mol. The SMILES string of the molecule is CC(O)C(N)(Cc1ccccc1)N(CC(O)C(Cc1ccccc1)NC(=O)C(C)(O)C(C)(C)CO)C(=O)O. The van der Waals surface area contributed by atoms with Crippen molar-refractivity contribution in [2.24, 2.45) is 11.1 Å².